The Bertz CT molecular complexity index is 477. The van der Waals surface area contributed by atoms with Gasteiger partial charge in [0.15, 0.2) is 9.84 Å². The van der Waals surface area contributed by atoms with Crippen LogP contribution in [-0.2, 0) is 9.84 Å². The molecule has 0 aromatic rings. The first-order chi connectivity index (χ1) is 9.85. The third kappa shape index (κ3) is 3.71. The molecule has 0 radical (unpaired) electrons. The van der Waals surface area contributed by atoms with E-state index in [0.29, 0.717) is 12.5 Å². The zero-order valence-corrected chi connectivity index (χ0v) is 14.2. The molecule has 5 nitrogen and oxygen atoms in total. The molecular weight excluding hydrogens is 288 g/mol. The molecule has 6 heteroatoms. The number of hydrogen-bond donors (Lipinski definition) is 1. The highest BCUT2D eigenvalue weighted by molar-refractivity contribution is 7.92. The first kappa shape index (κ1) is 16.6. The number of amides is 2. The van der Waals surface area contributed by atoms with Gasteiger partial charge < -0.3 is 10.2 Å². The van der Waals surface area contributed by atoms with Gasteiger partial charge in [0.05, 0.1) is 11.0 Å². The molecule has 1 aliphatic heterocycles. The fraction of sp³-hybridized carbons (Fsp3) is 0.933. The van der Waals surface area contributed by atoms with Crippen LogP contribution in [0.25, 0.3) is 0 Å². The molecule has 4 atom stereocenters. The Kier molecular flexibility index (Phi) is 5.17. The summed E-state index contributed by atoms with van der Waals surface area (Å²) >= 11 is 0. The standard InChI is InChI=1S/C15H28N2O3S/c1-4-13-6-5-7-14(10-13)16-15(18)17-8-9-21(19,20)12(3)11(17)2/h11-14H,4-10H2,1-3H3,(H,16,18)/t11-,12+,13-,14+/m1/s1. The van der Waals surface area contributed by atoms with E-state index in [1.807, 2.05) is 6.92 Å². The van der Waals surface area contributed by atoms with Gasteiger partial charge in [0.25, 0.3) is 0 Å². The van der Waals surface area contributed by atoms with Gasteiger partial charge in [-0.1, -0.05) is 26.2 Å². The number of rotatable bonds is 2. The molecule has 21 heavy (non-hydrogen) atoms. The lowest BCUT2D eigenvalue weighted by molar-refractivity contribution is 0.167. The smallest absolute Gasteiger partial charge is 0.317 e. The molecule has 1 heterocycles. The van der Waals surface area contributed by atoms with E-state index < -0.39 is 15.1 Å². The van der Waals surface area contributed by atoms with E-state index in [1.54, 1.807) is 11.8 Å². The van der Waals surface area contributed by atoms with Crippen molar-refractivity contribution in [2.45, 2.75) is 70.2 Å². The van der Waals surface area contributed by atoms with Crippen molar-refractivity contribution in [2.75, 3.05) is 12.3 Å². The van der Waals surface area contributed by atoms with Crippen molar-refractivity contribution in [3.63, 3.8) is 0 Å². The molecule has 1 N–H and O–H groups in total. The summed E-state index contributed by atoms with van der Waals surface area (Å²) in [6, 6.07) is -0.0995. The summed E-state index contributed by atoms with van der Waals surface area (Å²) < 4.78 is 23.7. The second-order valence-corrected chi connectivity index (χ2v) is 9.07. The molecule has 2 rings (SSSR count). The Morgan fingerprint density at radius 1 is 1.29 bits per heavy atom. The van der Waals surface area contributed by atoms with E-state index in [9.17, 15) is 13.2 Å². The Morgan fingerprint density at radius 3 is 2.67 bits per heavy atom. The molecule has 0 unspecified atom stereocenters. The predicted molar refractivity (Wildman–Crippen MR) is 84.0 cm³/mol. The topological polar surface area (TPSA) is 66.5 Å². The fourth-order valence-electron chi connectivity index (χ4n) is 3.51. The summed E-state index contributed by atoms with van der Waals surface area (Å²) in [7, 11) is -3.04. The van der Waals surface area contributed by atoms with Crippen LogP contribution < -0.4 is 5.32 Å². The van der Waals surface area contributed by atoms with E-state index in [-0.39, 0.29) is 23.9 Å². The average Bonchev–Trinajstić information content (AvgIpc) is 2.45. The van der Waals surface area contributed by atoms with Crippen LogP contribution in [-0.4, -0.2) is 49.0 Å². The maximum atomic E-state index is 12.4. The van der Waals surface area contributed by atoms with Crippen LogP contribution in [0.1, 0.15) is 52.9 Å². The van der Waals surface area contributed by atoms with Crippen molar-refractivity contribution in [1.29, 1.82) is 0 Å². The molecule has 2 amide bonds. The highest BCUT2D eigenvalue weighted by Gasteiger charge is 2.38. The molecule has 0 spiro atoms. The van der Waals surface area contributed by atoms with Crippen LogP contribution in [0.5, 0.6) is 0 Å². The summed E-state index contributed by atoms with van der Waals surface area (Å²) in [5.41, 5.74) is 0. The monoisotopic (exact) mass is 316 g/mol. The van der Waals surface area contributed by atoms with E-state index in [1.165, 1.54) is 19.3 Å². The van der Waals surface area contributed by atoms with Gasteiger partial charge in [0.2, 0.25) is 0 Å². The molecule has 0 aromatic carbocycles. The van der Waals surface area contributed by atoms with Gasteiger partial charge in [0, 0.05) is 18.6 Å². The maximum Gasteiger partial charge on any atom is 0.317 e. The number of urea groups is 1. The van der Waals surface area contributed by atoms with E-state index in [0.717, 1.165) is 12.8 Å². The zero-order chi connectivity index (χ0) is 15.6. The van der Waals surface area contributed by atoms with Gasteiger partial charge in [-0.3, -0.25) is 0 Å². The first-order valence-electron chi connectivity index (χ1n) is 8.13. The molecule has 0 bridgehead atoms. The third-order valence-electron chi connectivity index (χ3n) is 5.30. The SMILES string of the molecule is CC[C@@H]1CCC[C@H](NC(=O)N2CCS(=O)(=O)[C@@H](C)[C@H]2C)C1. The summed E-state index contributed by atoms with van der Waals surface area (Å²) in [6.07, 6.45) is 5.69. The Morgan fingerprint density at radius 2 is 2.00 bits per heavy atom. The summed E-state index contributed by atoms with van der Waals surface area (Å²) in [4.78, 5) is 14.1. The largest absolute Gasteiger partial charge is 0.335 e. The van der Waals surface area contributed by atoms with Gasteiger partial charge in [-0.25, -0.2) is 13.2 Å². The van der Waals surface area contributed by atoms with Crippen LogP contribution in [0.4, 0.5) is 4.79 Å². The Labute approximate surface area is 128 Å². The lowest BCUT2D eigenvalue weighted by Gasteiger charge is -2.39. The quantitative estimate of drug-likeness (QED) is 0.849. The number of hydrogen-bond acceptors (Lipinski definition) is 3. The van der Waals surface area contributed by atoms with E-state index in [4.69, 9.17) is 0 Å². The Balaban J connectivity index is 1.94. The van der Waals surface area contributed by atoms with Crippen molar-refractivity contribution in [3.05, 3.63) is 0 Å². The number of nitrogens with one attached hydrogen (secondary N) is 1. The minimum atomic E-state index is -3.04. The van der Waals surface area contributed by atoms with Gasteiger partial charge in [-0.15, -0.1) is 0 Å². The van der Waals surface area contributed by atoms with Gasteiger partial charge >= 0.3 is 6.03 Å². The van der Waals surface area contributed by atoms with Crippen molar-refractivity contribution >= 4 is 15.9 Å². The number of carbonyl (C=O) groups is 1. The van der Waals surface area contributed by atoms with Crippen LogP contribution >= 0.6 is 0 Å². The zero-order valence-electron chi connectivity index (χ0n) is 13.3. The molecule has 0 aromatic heterocycles. The van der Waals surface area contributed by atoms with Gasteiger partial charge in [0.1, 0.15) is 0 Å². The second-order valence-electron chi connectivity index (χ2n) is 6.59. The highest BCUT2D eigenvalue weighted by Crippen LogP contribution is 2.27. The van der Waals surface area contributed by atoms with Gasteiger partial charge in [-0.05, 0) is 32.6 Å². The minimum absolute atomic E-state index is 0.0776. The maximum absolute atomic E-state index is 12.4. The van der Waals surface area contributed by atoms with Crippen LogP contribution in [0.2, 0.25) is 0 Å². The summed E-state index contributed by atoms with van der Waals surface area (Å²) in [5, 5.41) is 2.64. The van der Waals surface area contributed by atoms with Crippen molar-refractivity contribution in [1.82, 2.24) is 10.2 Å². The third-order valence-corrected chi connectivity index (χ3v) is 7.58. The molecular formula is C15H28N2O3S. The van der Waals surface area contributed by atoms with Crippen molar-refractivity contribution in [2.24, 2.45) is 5.92 Å². The first-order valence-corrected chi connectivity index (χ1v) is 9.85. The molecule has 1 saturated heterocycles. The lowest BCUT2D eigenvalue weighted by atomic mass is 9.84. The minimum Gasteiger partial charge on any atom is -0.335 e. The van der Waals surface area contributed by atoms with Crippen LogP contribution in [0.15, 0.2) is 0 Å². The van der Waals surface area contributed by atoms with Crippen molar-refractivity contribution in [3.8, 4) is 0 Å². The van der Waals surface area contributed by atoms with Gasteiger partial charge in [-0.2, -0.15) is 0 Å². The van der Waals surface area contributed by atoms with E-state index in [2.05, 4.69) is 12.2 Å². The molecule has 2 fully saturated rings. The van der Waals surface area contributed by atoms with Crippen LogP contribution in [0.3, 0.4) is 0 Å². The average molecular weight is 316 g/mol. The van der Waals surface area contributed by atoms with E-state index >= 15 is 0 Å². The molecule has 1 aliphatic carbocycles. The van der Waals surface area contributed by atoms with Crippen molar-refractivity contribution < 1.29 is 13.2 Å². The normalized spacial score (nSPS) is 36.2. The highest BCUT2D eigenvalue weighted by atomic mass is 32.2. The second kappa shape index (κ2) is 6.55. The molecule has 122 valence electrons. The fourth-order valence-corrected chi connectivity index (χ4v) is 5.08. The van der Waals surface area contributed by atoms with Crippen LogP contribution in [0, 0.1) is 5.92 Å². The molecule has 2 aliphatic rings. The number of nitrogens with zero attached hydrogens (tertiary/aromatic N) is 1. The summed E-state index contributed by atoms with van der Waals surface area (Å²) in [5.74, 6) is 0.788. The molecule has 1 saturated carbocycles. The predicted octanol–water partition coefficient (Wildman–Crippen LogP) is 2.17. The lowest BCUT2D eigenvalue weighted by Crippen LogP contribution is -2.58. The number of carbonyl (C=O) groups excluding carboxylic acids is 1. The summed E-state index contributed by atoms with van der Waals surface area (Å²) in [6.45, 7) is 6.04. The number of sulfone groups is 1. The Hall–Kier alpha value is -0.780.